The van der Waals surface area contributed by atoms with Gasteiger partial charge < -0.3 is 30.5 Å². The van der Waals surface area contributed by atoms with Crippen LogP contribution in [-0.2, 0) is 32.9 Å². The van der Waals surface area contributed by atoms with Crippen molar-refractivity contribution in [2.75, 3.05) is 35.6 Å². The Morgan fingerprint density at radius 1 is 0.476 bits per heavy atom. The molecule has 3 aliphatic heterocycles. The molecule has 6 fully saturated rings. The number of ether oxygens (including phenoxy) is 1. The highest BCUT2D eigenvalue weighted by atomic mass is 19.4. The van der Waals surface area contributed by atoms with Crippen LogP contribution in [0.3, 0.4) is 0 Å². The summed E-state index contributed by atoms with van der Waals surface area (Å²) in [5.41, 5.74) is -4.76. The number of para-hydroxylation sites is 1. The van der Waals surface area contributed by atoms with Gasteiger partial charge in [-0.25, -0.2) is 27.6 Å². The van der Waals surface area contributed by atoms with Crippen molar-refractivity contribution in [3.8, 4) is 5.75 Å². The first kappa shape index (κ1) is 62.4. The molecule has 0 spiro atoms. The maximum Gasteiger partial charge on any atom is 0.419 e. The Kier molecular flexibility index (Phi) is 20.8. The topological polar surface area (TPSA) is 166 Å². The number of likely N-dealkylation sites (tertiary alicyclic amines) is 2. The van der Waals surface area contributed by atoms with E-state index in [4.69, 9.17) is 4.74 Å². The van der Waals surface area contributed by atoms with Crippen molar-refractivity contribution in [1.82, 2.24) is 15.1 Å². The Bertz CT molecular complexity index is 2810. The maximum absolute atomic E-state index is 13.3. The summed E-state index contributed by atoms with van der Waals surface area (Å²) in [6.45, 7) is 1.41. The number of hydrogen-bond donors (Lipinski definition) is 4. The fourth-order valence-corrected chi connectivity index (χ4v) is 11.3. The van der Waals surface area contributed by atoms with Crippen LogP contribution in [0.2, 0.25) is 0 Å². The van der Waals surface area contributed by atoms with E-state index in [0.29, 0.717) is 67.0 Å². The van der Waals surface area contributed by atoms with Crippen molar-refractivity contribution >= 4 is 52.6 Å². The third kappa shape index (κ3) is 16.5. The smallest absolute Gasteiger partial charge is 0.410 e. The van der Waals surface area contributed by atoms with Gasteiger partial charge in [-0.05, 0) is 105 Å². The number of ketones is 3. The Balaban J connectivity index is 0.000000162. The second-order valence-electron chi connectivity index (χ2n) is 20.7. The Morgan fingerprint density at radius 3 is 1.27 bits per heavy atom. The Hall–Kier alpha value is -7.18. The molecule has 0 aromatic heterocycles. The van der Waals surface area contributed by atoms with Gasteiger partial charge >= 0.3 is 36.7 Å². The van der Waals surface area contributed by atoms with Gasteiger partial charge in [0.25, 0.3) is 0 Å². The van der Waals surface area contributed by atoms with Gasteiger partial charge in [-0.1, -0.05) is 56.7 Å². The molecule has 0 bridgehead atoms. The van der Waals surface area contributed by atoms with Crippen LogP contribution in [0, 0.1) is 35.2 Å². The Labute approximate surface area is 463 Å². The molecule has 2 unspecified atom stereocenters. The van der Waals surface area contributed by atoms with E-state index in [0.717, 1.165) is 76.1 Å². The van der Waals surface area contributed by atoms with E-state index < -0.39 is 70.8 Å². The number of Topliss-reactive ketones (excluding diaryl/α,β-unsaturated/α-hetero) is 3. The number of carbonyl (C=O) groups excluding carboxylic acids is 6. The van der Waals surface area contributed by atoms with Gasteiger partial charge in [-0.2, -0.15) is 39.5 Å². The minimum Gasteiger partial charge on any atom is -0.410 e. The van der Waals surface area contributed by atoms with Crippen LogP contribution in [0.5, 0.6) is 5.75 Å². The molecular formula is C57H60F12N6O7. The molecule has 82 heavy (non-hydrogen) atoms. The second-order valence-corrected chi connectivity index (χ2v) is 20.7. The minimum atomic E-state index is -4.84. The summed E-state index contributed by atoms with van der Waals surface area (Å²) in [5, 5.41) is 10.3. The van der Waals surface area contributed by atoms with Gasteiger partial charge in [0.2, 0.25) is 0 Å². The Morgan fingerprint density at radius 2 is 0.854 bits per heavy atom. The molecule has 13 nitrogen and oxygen atoms in total. The third-order valence-electron chi connectivity index (χ3n) is 15.3. The van der Waals surface area contributed by atoms with Gasteiger partial charge in [0, 0.05) is 91.8 Å². The number of benzene rings is 4. The molecule has 4 aromatic carbocycles. The standard InChI is InChI=1S/2C17H18F4N2O2.C14H9F4NO2.C9H15NO/c2*18-13-6-5-10(9-12(13)17(19,20)21)22-16(25)23-8-7-15(24)11-3-1-2-4-14(11)23;15-12-7-6-9(8-11(12)14(16,17)18)19-13(20)21-10-4-2-1-3-5-10;11-9-5-6-10-8-4-2-1-3-7(8)9/h2*5-6,9,11,14H,1-4,7-8H2,(H,22,25);1-8H,(H,19,20);7-8,10H,1-6H2/t11-,14+;11-,14-;;/m00../s1. The summed E-state index contributed by atoms with van der Waals surface area (Å²) < 4.78 is 159. The molecule has 0 radical (unpaired) electrons. The van der Waals surface area contributed by atoms with E-state index in [1.165, 1.54) is 41.2 Å². The third-order valence-corrected chi connectivity index (χ3v) is 15.3. The molecule has 3 saturated heterocycles. The van der Waals surface area contributed by atoms with Crippen molar-refractivity contribution in [2.24, 2.45) is 17.8 Å². The SMILES string of the molecule is O=C(Nc1ccc(F)c(C(F)(F)F)c1)Oc1ccccc1.O=C1CCN(C(=O)Nc2ccc(F)c(C(F)(F)F)c2)[C@@H]2CCCC[C@H]12.O=C1CCN(C(=O)Nc2ccc(F)c(C(F)(F)F)c2)[C@H]2CCCC[C@H]12.O=C1CCNC2CCCCC12. The summed E-state index contributed by atoms with van der Waals surface area (Å²) >= 11 is 0. The molecule has 4 aromatic rings. The van der Waals surface area contributed by atoms with Gasteiger partial charge in [0.15, 0.2) is 0 Å². The molecule has 5 amide bonds. The lowest BCUT2D eigenvalue weighted by molar-refractivity contribution is -0.140. The number of halogens is 12. The number of hydrogen-bond acceptors (Lipinski definition) is 8. The number of piperidine rings is 3. The predicted molar refractivity (Wildman–Crippen MR) is 276 cm³/mol. The van der Waals surface area contributed by atoms with Crippen LogP contribution in [0.1, 0.15) is 113 Å². The summed E-state index contributed by atoms with van der Waals surface area (Å²) in [6, 6.07) is 13.8. The molecule has 6 aliphatic rings. The molecule has 4 N–H and O–H groups in total. The molecule has 25 heteroatoms. The van der Waals surface area contributed by atoms with Gasteiger partial charge in [-0.3, -0.25) is 19.7 Å². The fraction of sp³-hybridized carbons (Fsp3) is 0.474. The van der Waals surface area contributed by atoms with Crippen LogP contribution in [0.15, 0.2) is 84.9 Å². The molecule has 3 saturated carbocycles. The molecular weight excluding hydrogens is 1110 g/mol. The van der Waals surface area contributed by atoms with E-state index in [1.54, 1.807) is 18.2 Å². The van der Waals surface area contributed by atoms with Crippen LogP contribution in [-0.4, -0.2) is 83.1 Å². The molecule has 444 valence electrons. The monoisotopic (exact) mass is 1170 g/mol. The summed E-state index contributed by atoms with van der Waals surface area (Å²) in [4.78, 5) is 75.0. The number of anilines is 3. The fourth-order valence-electron chi connectivity index (χ4n) is 11.3. The van der Waals surface area contributed by atoms with Gasteiger partial charge in [-0.15, -0.1) is 0 Å². The minimum absolute atomic E-state index is 0.122. The zero-order chi connectivity index (χ0) is 59.5. The van der Waals surface area contributed by atoms with Crippen LogP contribution < -0.4 is 26.0 Å². The highest BCUT2D eigenvalue weighted by molar-refractivity contribution is 5.93. The maximum atomic E-state index is 13.3. The van der Waals surface area contributed by atoms with Crippen molar-refractivity contribution in [3.05, 3.63) is 119 Å². The van der Waals surface area contributed by atoms with Crippen molar-refractivity contribution < 1.29 is 86.2 Å². The van der Waals surface area contributed by atoms with E-state index in [-0.39, 0.29) is 84.2 Å². The van der Waals surface area contributed by atoms with Crippen LogP contribution in [0.25, 0.3) is 0 Å². The van der Waals surface area contributed by atoms with Crippen molar-refractivity contribution in [1.29, 1.82) is 0 Å². The lowest BCUT2D eigenvalue weighted by atomic mass is 9.77. The lowest BCUT2D eigenvalue weighted by Gasteiger charge is -2.42. The van der Waals surface area contributed by atoms with E-state index in [1.807, 2.05) is 0 Å². The first-order valence-electron chi connectivity index (χ1n) is 26.9. The zero-order valence-electron chi connectivity index (χ0n) is 44.1. The number of amides is 5. The summed E-state index contributed by atoms with van der Waals surface area (Å²) in [7, 11) is 0. The quantitative estimate of drug-likeness (QED) is 0.147. The van der Waals surface area contributed by atoms with Gasteiger partial charge in [0.05, 0.1) is 16.7 Å². The first-order chi connectivity index (χ1) is 38.8. The number of carbonyl (C=O) groups is 6. The van der Waals surface area contributed by atoms with Gasteiger partial charge in [0.1, 0.15) is 40.6 Å². The van der Waals surface area contributed by atoms with Crippen LogP contribution >= 0.6 is 0 Å². The second kappa shape index (κ2) is 27.3. The molecule has 10 rings (SSSR count). The molecule has 6 atom stereocenters. The average Bonchev–Trinajstić information content (AvgIpc) is 3.57. The number of alkyl halides is 9. The first-order valence-corrected chi connectivity index (χ1v) is 26.9. The number of nitrogens with zero attached hydrogens (tertiary/aromatic N) is 2. The largest absolute Gasteiger partial charge is 0.419 e. The average molecular weight is 1170 g/mol. The lowest BCUT2D eigenvalue weighted by Crippen LogP contribution is -2.54. The summed E-state index contributed by atoms with van der Waals surface area (Å²) in [5.74, 6) is -3.16. The number of fused-ring (bicyclic) bond motifs is 3. The summed E-state index contributed by atoms with van der Waals surface area (Å²) in [6.07, 6.45) is -2.70. The highest BCUT2D eigenvalue weighted by Gasteiger charge is 2.43. The van der Waals surface area contributed by atoms with E-state index in [2.05, 4.69) is 21.3 Å². The molecule has 3 aliphatic carbocycles. The normalized spacial score (nSPS) is 22.6. The highest BCUT2D eigenvalue weighted by Crippen LogP contribution is 2.39. The number of rotatable bonds is 4. The van der Waals surface area contributed by atoms with Crippen LogP contribution in [0.4, 0.5) is 84.1 Å². The predicted octanol–water partition coefficient (Wildman–Crippen LogP) is 14.0. The number of urea groups is 2. The zero-order valence-corrected chi connectivity index (χ0v) is 44.1. The van der Waals surface area contributed by atoms with Crippen molar-refractivity contribution in [3.63, 3.8) is 0 Å². The van der Waals surface area contributed by atoms with E-state index >= 15 is 0 Å². The molecule has 3 heterocycles. The number of nitrogens with one attached hydrogen (secondary N) is 4. The van der Waals surface area contributed by atoms with Crippen molar-refractivity contribution in [2.45, 2.75) is 133 Å². The van der Waals surface area contributed by atoms with E-state index in [9.17, 15) is 81.5 Å².